The second kappa shape index (κ2) is 6.94. The average molecular weight is 346 g/mol. The van der Waals surface area contributed by atoms with Gasteiger partial charge in [0.1, 0.15) is 0 Å². The first-order valence-electron chi connectivity index (χ1n) is 8.84. The Hall–Kier alpha value is -2.24. The SMILES string of the molecule is CC(C)(C)C(=O)N1CCN(C(=O)c2ccc3c(c2)OCCCO3)CC1. The lowest BCUT2D eigenvalue weighted by atomic mass is 9.94. The molecule has 0 spiro atoms. The molecule has 2 amide bonds. The fourth-order valence-electron chi connectivity index (χ4n) is 3.07. The first-order chi connectivity index (χ1) is 11.9. The molecule has 1 fully saturated rings. The number of nitrogens with zero attached hydrogens (tertiary/aromatic N) is 2. The minimum absolute atomic E-state index is 0.0292. The van der Waals surface area contributed by atoms with Crippen molar-refractivity contribution < 1.29 is 19.1 Å². The van der Waals surface area contributed by atoms with Crippen molar-refractivity contribution in [3.8, 4) is 11.5 Å². The number of ether oxygens (including phenoxy) is 2. The zero-order chi connectivity index (χ0) is 18.0. The summed E-state index contributed by atoms with van der Waals surface area (Å²) in [6.45, 7) is 9.24. The van der Waals surface area contributed by atoms with Gasteiger partial charge in [-0.15, -0.1) is 0 Å². The van der Waals surface area contributed by atoms with Gasteiger partial charge in [0.25, 0.3) is 5.91 Å². The maximum Gasteiger partial charge on any atom is 0.254 e. The molecule has 0 N–H and O–H groups in total. The van der Waals surface area contributed by atoms with Crippen LogP contribution in [0.5, 0.6) is 11.5 Å². The molecule has 6 heteroatoms. The molecule has 2 heterocycles. The van der Waals surface area contributed by atoms with Gasteiger partial charge >= 0.3 is 0 Å². The Morgan fingerprint density at radius 2 is 1.52 bits per heavy atom. The van der Waals surface area contributed by atoms with Crippen molar-refractivity contribution >= 4 is 11.8 Å². The topological polar surface area (TPSA) is 59.1 Å². The lowest BCUT2D eigenvalue weighted by Crippen LogP contribution is -2.53. The third-order valence-corrected chi connectivity index (χ3v) is 4.49. The highest BCUT2D eigenvalue weighted by molar-refractivity contribution is 5.95. The Morgan fingerprint density at radius 1 is 0.920 bits per heavy atom. The molecule has 2 aliphatic heterocycles. The van der Waals surface area contributed by atoms with Gasteiger partial charge in [0, 0.05) is 43.6 Å². The van der Waals surface area contributed by atoms with Crippen LogP contribution in [-0.4, -0.2) is 61.0 Å². The van der Waals surface area contributed by atoms with E-state index < -0.39 is 0 Å². The summed E-state index contributed by atoms with van der Waals surface area (Å²) in [6.07, 6.45) is 0.835. The van der Waals surface area contributed by atoms with Gasteiger partial charge in [-0.25, -0.2) is 0 Å². The summed E-state index contributed by atoms with van der Waals surface area (Å²) in [6, 6.07) is 5.34. The van der Waals surface area contributed by atoms with Crippen LogP contribution in [0.4, 0.5) is 0 Å². The average Bonchev–Trinajstić information content (AvgIpc) is 2.84. The number of piperazine rings is 1. The summed E-state index contributed by atoms with van der Waals surface area (Å²) in [5.74, 6) is 1.42. The molecule has 0 aromatic heterocycles. The minimum atomic E-state index is -0.388. The Balaban J connectivity index is 1.65. The highest BCUT2D eigenvalue weighted by Crippen LogP contribution is 2.31. The fourth-order valence-corrected chi connectivity index (χ4v) is 3.07. The number of hydrogen-bond acceptors (Lipinski definition) is 4. The van der Waals surface area contributed by atoms with Crippen LogP contribution in [0, 0.1) is 5.41 Å². The van der Waals surface area contributed by atoms with E-state index in [0.717, 1.165) is 6.42 Å². The Labute approximate surface area is 148 Å². The number of hydrogen-bond donors (Lipinski definition) is 0. The first kappa shape index (κ1) is 17.6. The summed E-state index contributed by atoms with van der Waals surface area (Å²) >= 11 is 0. The number of rotatable bonds is 1. The predicted octanol–water partition coefficient (Wildman–Crippen LogP) is 2.18. The summed E-state index contributed by atoms with van der Waals surface area (Å²) in [4.78, 5) is 28.8. The van der Waals surface area contributed by atoms with Gasteiger partial charge in [-0.3, -0.25) is 9.59 Å². The van der Waals surface area contributed by atoms with E-state index in [1.165, 1.54) is 0 Å². The summed E-state index contributed by atoms with van der Waals surface area (Å²) in [7, 11) is 0. The van der Waals surface area contributed by atoms with Crippen LogP contribution in [0.1, 0.15) is 37.6 Å². The van der Waals surface area contributed by atoms with E-state index in [2.05, 4.69) is 0 Å². The van der Waals surface area contributed by atoms with Crippen molar-refractivity contribution in [1.82, 2.24) is 9.80 Å². The Kier molecular flexibility index (Phi) is 4.88. The Morgan fingerprint density at radius 3 is 2.16 bits per heavy atom. The maximum absolute atomic E-state index is 12.8. The lowest BCUT2D eigenvalue weighted by Gasteiger charge is -2.37. The molecule has 6 nitrogen and oxygen atoms in total. The number of fused-ring (bicyclic) bond motifs is 1. The molecule has 1 saturated heterocycles. The number of benzene rings is 1. The standard InChI is InChI=1S/C19H26N2O4/c1-19(2,3)18(23)21-9-7-20(8-10-21)17(22)14-5-6-15-16(13-14)25-12-4-11-24-15/h5-6,13H,4,7-12H2,1-3H3. The minimum Gasteiger partial charge on any atom is -0.490 e. The smallest absolute Gasteiger partial charge is 0.254 e. The van der Waals surface area contributed by atoms with Crippen LogP contribution in [0.25, 0.3) is 0 Å². The monoisotopic (exact) mass is 346 g/mol. The van der Waals surface area contributed by atoms with E-state index in [4.69, 9.17) is 9.47 Å². The van der Waals surface area contributed by atoms with Gasteiger partial charge < -0.3 is 19.3 Å². The van der Waals surface area contributed by atoms with Crippen molar-refractivity contribution in [2.75, 3.05) is 39.4 Å². The van der Waals surface area contributed by atoms with Gasteiger partial charge in [0.15, 0.2) is 11.5 Å². The first-order valence-corrected chi connectivity index (χ1v) is 8.84. The van der Waals surface area contributed by atoms with Gasteiger partial charge in [0.2, 0.25) is 5.91 Å². The molecule has 3 rings (SSSR count). The maximum atomic E-state index is 12.8. The molecule has 1 aromatic rings. The quantitative estimate of drug-likeness (QED) is 0.782. The van der Waals surface area contributed by atoms with E-state index in [0.29, 0.717) is 56.5 Å². The lowest BCUT2D eigenvalue weighted by molar-refractivity contribution is -0.140. The Bertz CT molecular complexity index is 658. The predicted molar refractivity (Wildman–Crippen MR) is 94.0 cm³/mol. The molecule has 136 valence electrons. The molecule has 0 atom stereocenters. The molecular formula is C19H26N2O4. The largest absolute Gasteiger partial charge is 0.490 e. The molecule has 25 heavy (non-hydrogen) atoms. The van der Waals surface area contributed by atoms with E-state index in [1.807, 2.05) is 25.7 Å². The molecular weight excluding hydrogens is 320 g/mol. The van der Waals surface area contributed by atoms with Crippen molar-refractivity contribution in [2.45, 2.75) is 27.2 Å². The van der Waals surface area contributed by atoms with Crippen molar-refractivity contribution in [2.24, 2.45) is 5.41 Å². The highest BCUT2D eigenvalue weighted by Gasteiger charge is 2.31. The third-order valence-electron chi connectivity index (χ3n) is 4.49. The van der Waals surface area contributed by atoms with Crippen LogP contribution >= 0.6 is 0 Å². The fraction of sp³-hybridized carbons (Fsp3) is 0.579. The van der Waals surface area contributed by atoms with Crippen LogP contribution < -0.4 is 9.47 Å². The normalized spacial score (nSPS) is 17.9. The molecule has 2 aliphatic rings. The van der Waals surface area contributed by atoms with Gasteiger partial charge in [0.05, 0.1) is 13.2 Å². The van der Waals surface area contributed by atoms with Crippen LogP contribution in [0.2, 0.25) is 0 Å². The molecule has 0 radical (unpaired) electrons. The number of carbonyl (C=O) groups excluding carboxylic acids is 2. The second-order valence-corrected chi connectivity index (χ2v) is 7.55. The zero-order valence-corrected chi connectivity index (χ0v) is 15.2. The summed E-state index contributed by atoms with van der Waals surface area (Å²) in [5, 5.41) is 0. The van der Waals surface area contributed by atoms with E-state index in [1.54, 1.807) is 23.1 Å². The summed E-state index contributed by atoms with van der Waals surface area (Å²) in [5.41, 5.74) is 0.209. The molecule has 0 aliphatic carbocycles. The van der Waals surface area contributed by atoms with Crippen molar-refractivity contribution in [3.05, 3.63) is 23.8 Å². The van der Waals surface area contributed by atoms with E-state index >= 15 is 0 Å². The summed E-state index contributed by atoms with van der Waals surface area (Å²) < 4.78 is 11.3. The van der Waals surface area contributed by atoms with E-state index in [-0.39, 0.29) is 17.2 Å². The van der Waals surface area contributed by atoms with Crippen molar-refractivity contribution in [1.29, 1.82) is 0 Å². The van der Waals surface area contributed by atoms with Crippen LogP contribution in [0.15, 0.2) is 18.2 Å². The van der Waals surface area contributed by atoms with Crippen LogP contribution in [-0.2, 0) is 4.79 Å². The molecule has 0 unspecified atom stereocenters. The second-order valence-electron chi connectivity index (χ2n) is 7.55. The van der Waals surface area contributed by atoms with Gasteiger partial charge in [-0.2, -0.15) is 0 Å². The van der Waals surface area contributed by atoms with E-state index in [9.17, 15) is 9.59 Å². The highest BCUT2D eigenvalue weighted by atomic mass is 16.5. The van der Waals surface area contributed by atoms with Gasteiger partial charge in [-0.05, 0) is 18.2 Å². The van der Waals surface area contributed by atoms with Crippen molar-refractivity contribution in [3.63, 3.8) is 0 Å². The van der Waals surface area contributed by atoms with Gasteiger partial charge in [-0.1, -0.05) is 20.8 Å². The third kappa shape index (κ3) is 3.89. The molecule has 0 bridgehead atoms. The van der Waals surface area contributed by atoms with Crippen LogP contribution in [0.3, 0.4) is 0 Å². The number of carbonyl (C=O) groups is 2. The zero-order valence-electron chi connectivity index (χ0n) is 15.2. The number of amides is 2. The molecule has 1 aromatic carbocycles. The molecule has 0 saturated carbocycles.